The molecular weight excluding hydrogens is 252 g/mol. The second-order valence-electron chi connectivity index (χ2n) is 5.12. The monoisotopic (exact) mass is 268 g/mol. The fourth-order valence-corrected chi connectivity index (χ4v) is 2.36. The summed E-state index contributed by atoms with van der Waals surface area (Å²) in [7, 11) is 0. The van der Waals surface area contributed by atoms with Crippen molar-refractivity contribution in [3.63, 3.8) is 0 Å². The van der Waals surface area contributed by atoms with Gasteiger partial charge in [0, 0.05) is 5.92 Å². The summed E-state index contributed by atoms with van der Waals surface area (Å²) < 4.78 is 0. The van der Waals surface area contributed by atoms with Crippen molar-refractivity contribution in [3.05, 3.63) is 57.3 Å². The number of fused-ring (bicyclic) bond motifs is 1. The number of rotatable bonds is 2. The van der Waals surface area contributed by atoms with Gasteiger partial charge in [0.15, 0.2) is 0 Å². The SMILES string of the molecule is Cc1ccc([C@H](C)c2n[nH]c3c(=O)[nH]c(C)nc23)cc1. The second-order valence-corrected chi connectivity index (χ2v) is 5.12. The summed E-state index contributed by atoms with van der Waals surface area (Å²) in [6, 6.07) is 8.32. The molecule has 102 valence electrons. The average Bonchev–Trinajstić information content (AvgIpc) is 2.82. The van der Waals surface area contributed by atoms with Gasteiger partial charge in [-0.15, -0.1) is 0 Å². The summed E-state index contributed by atoms with van der Waals surface area (Å²) in [5.74, 6) is 0.680. The maximum Gasteiger partial charge on any atom is 0.276 e. The highest BCUT2D eigenvalue weighted by atomic mass is 16.1. The number of aryl methyl sites for hydroxylation is 2. The highest BCUT2D eigenvalue weighted by Crippen LogP contribution is 2.26. The Morgan fingerprint density at radius 2 is 1.85 bits per heavy atom. The van der Waals surface area contributed by atoms with Crippen molar-refractivity contribution < 1.29 is 0 Å². The molecule has 0 aliphatic heterocycles. The van der Waals surface area contributed by atoms with E-state index in [1.54, 1.807) is 6.92 Å². The molecule has 3 aromatic rings. The molecular formula is C15H16N4O. The molecule has 2 N–H and O–H groups in total. The van der Waals surface area contributed by atoms with E-state index in [1.165, 1.54) is 5.56 Å². The van der Waals surface area contributed by atoms with Crippen molar-refractivity contribution in [2.45, 2.75) is 26.7 Å². The van der Waals surface area contributed by atoms with Crippen LogP contribution in [0.1, 0.15) is 35.5 Å². The zero-order chi connectivity index (χ0) is 14.3. The minimum absolute atomic E-state index is 0.0815. The van der Waals surface area contributed by atoms with E-state index < -0.39 is 0 Å². The molecule has 0 bridgehead atoms. The molecule has 0 fully saturated rings. The molecule has 0 aliphatic carbocycles. The lowest BCUT2D eigenvalue weighted by Gasteiger charge is -2.09. The van der Waals surface area contributed by atoms with Gasteiger partial charge in [-0.1, -0.05) is 36.8 Å². The van der Waals surface area contributed by atoms with Gasteiger partial charge in [0.2, 0.25) is 0 Å². The molecule has 0 saturated carbocycles. The molecule has 5 nitrogen and oxygen atoms in total. The van der Waals surface area contributed by atoms with Crippen LogP contribution in [-0.2, 0) is 0 Å². The smallest absolute Gasteiger partial charge is 0.276 e. The van der Waals surface area contributed by atoms with Gasteiger partial charge >= 0.3 is 0 Å². The third-order valence-electron chi connectivity index (χ3n) is 3.56. The number of benzene rings is 1. The van der Waals surface area contributed by atoms with Crippen LogP contribution >= 0.6 is 0 Å². The molecule has 2 heterocycles. The minimum Gasteiger partial charge on any atom is -0.309 e. The quantitative estimate of drug-likeness (QED) is 0.749. The number of hydrogen-bond acceptors (Lipinski definition) is 3. The number of nitrogens with one attached hydrogen (secondary N) is 2. The molecule has 5 heteroatoms. The van der Waals surface area contributed by atoms with Crippen molar-refractivity contribution >= 4 is 11.0 Å². The molecule has 0 unspecified atom stereocenters. The molecule has 20 heavy (non-hydrogen) atoms. The standard InChI is InChI=1S/C15H16N4O/c1-8-4-6-11(7-5-8)9(2)12-13-14(19-18-12)15(20)17-10(3)16-13/h4-7,9H,1-3H3,(H,18,19)(H,16,17,20)/t9-/m0/s1. The fourth-order valence-electron chi connectivity index (χ4n) is 2.36. The Morgan fingerprint density at radius 3 is 2.55 bits per heavy atom. The maximum atomic E-state index is 11.8. The van der Waals surface area contributed by atoms with Gasteiger partial charge in [-0.05, 0) is 19.4 Å². The van der Waals surface area contributed by atoms with E-state index in [2.05, 4.69) is 58.3 Å². The van der Waals surface area contributed by atoms with Gasteiger partial charge in [0.25, 0.3) is 5.56 Å². The predicted molar refractivity (Wildman–Crippen MR) is 77.9 cm³/mol. The van der Waals surface area contributed by atoms with Gasteiger partial charge in [-0.25, -0.2) is 4.98 Å². The first-order chi connectivity index (χ1) is 9.56. The number of aromatic amines is 2. The van der Waals surface area contributed by atoms with Crippen LogP contribution in [0.4, 0.5) is 0 Å². The first-order valence-corrected chi connectivity index (χ1v) is 6.57. The van der Waals surface area contributed by atoms with Crippen molar-refractivity contribution in [1.29, 1.82) is 0 Å². The van der Waals surface area contributed by atoms with Crippen LogP contribution in [-0.4, -0.2) is 20.2 Å². The zero-order valence-corrected chi connectivity index (χ0v) is 11.7. The number of H-pyrrole nitrogens is 2. The normalized spacial score (nSPS) is 12.8. The van der Waals surface area contributed by atoms with Gasteiger partial charge in [-0.3, -0.25) is 9.89 Å². The lowest BCUT2D eigenvalue weighted by atomic mass is 9.96. The Bertz CT molecular complexity index is 814. The lowest BCUT2D eigenvalue weighted by molar-refractivity contribution is 0.858. The Morgan fingerprint density at radius 1 is 1.15 bits per heavy atom. The van der Waals surface area contributed by atoms with Crippen molar-refractivity contribution in [2.75, 3.05) is 0 Å². The second kappa shape index (κ2) is 4.59. The van der Waals surface area contributed by atoms with E-state index in [9.17, 15) is 4.79 Å². The molecule has 0 aliphatic rings. The number of hydrogen-bond donors (Lipinski definition) is 2. The summed E-state index contributed by atoms with van der Waals surface area (Å²) in [4.78, 5) is 18.9. The highest BCUT2D eigenvalue weighted by Gasteiger charge is 2.18. The Hall–Kier alpha value is -2.43. The van der Waals surface area contributed by atoms with Crippen LogP contribution in [0.15, 0.2) is 29.1 Å². The first kappa shape index (κ1) is 12.6. The molecule has 0 radical (unpaired) electrons. The number of nitrogens with zero attached hydrogens (tertiary/aromatic N) is 2. The van der Waals surface area contributed by atoms with E-state index in [-0.39, 0.29) is 11.5 Å². The summed E-state index contributed by atoms with van der Waals surface area (Å²) in [6.07, 6.45) is 0. The van der Waals surface area contributed by atoms with Gasteiger partial charge in [0.1, 0.15) is 16.9 Å². The van der Waals surface area contributed by atoms with Gasteiger partial charge < -0.3 is 4.98 Å². The van der Waals surface area contributed by atoms with Crippen LogP contribution in [0, 0.1) is 13.8 Å². The minimum atomic E-state index is -0.178. The van der Waals surface area contributed by atoms with E-state index >= 15 is 0 Å². The van der Waals surface area contributed by atoms with E-state index in [0.29, 0.717) is 16.9 Å². The van der Waals surface area contributed by atoms with Crippen molar-refractivity contribution in [2.24, 2.45) is 0 Å². The molecule has 2 aromatic heterocycles. The van der Waals surface area contributed by atoms with Crippen LogP contribution in [0.3, 0.4) is 0 Å². The number of aromatic nitrogens is 4. The highest BCUT2D eigenvalue weighted by molar-refractivity contribution is 5.76. The third-order valence-corrected chi connectivity index (χ3v) is 3.56. The molecule has 0 spiro atoms. The summed E-state index contributed by atoms with van der Waals surface area (Å²) >= 11 is 0. The van der Waals surface area contributed by atoms with Crippen LogP contribution in [0.25, 0.3) is 11.0 Å². The van der Waals surface area contributed by atoms with Crippen molar-refractivity contribution in [3.8, 4) is 0 Å². The topological polar surface area (TPSA) is 74.4 Å². The molecule has 1 aromatic carbocycles. The van der Waals surface area contributed by atoms with E-state index in [1.807, 2.05) is 0 Å². The fraction of sp³-hybridized carbons (Fsp3) is 0.267. The predicted octanol–water partition coefficient (Wildman–Crippen LogP) is 2.41. The molecule has 0 saturated heterocycles. The van der Waals surface area contributed by atoms with E-state index in [0.717, 1.165) is 11.3 Å². The molecule has 0 amide bonds. The summed E-state index contributed by atoms with van der Waals surface area (Å²) in [5.41, 5.74) is 4.09. The van der Waals surface area contributed by atoms with Crippen LogP contribution in [0.5, 0.6) is 0 Å². The van der Waals surface area contributed by atoms with Gasteiger partial charge in [-0.2, -0.15) is 5.10 Å². The first-order valence-electron chi connectivity index (χ1n) is 6.57. The van der Waals surface area contributed by atoms with Crippen LogP contribution in [0.2, 0.25) is 0 Å². The third kappa shape index (κ3) is 2.01. The molecule has 1 atom stereocenters. The summed E-state index contributed by atoms with van der Waals surface area (Å²) in [5, 5.41) is 7.08. The Kier molecular flexibility index (Phi) is 2.89. The lowest BCUT2D eigenvalue weighted by Crippen LogP contribution is -2.09. The van der Waals surface area contributed by atoms with Crippen molar-refractivity contribution in [1.82, 2.24) is 20.2 Å². The zero-order valence-electron chi connectivity index (χ0n) is 11.7. The Labute approximate surface area is 116 Å². The summed E-state index contributed by atoms with van der Waals surface area (Å²) in [6.45, 7) is 5.90. The van der Waals surface area contributed by atoms with Gasteiger partial charge in [0.05, 0.1) is 5.69 Å². The van der Waals surface area contributed by atoms with Crippen LogP contribution < -0.4 is 5.56 Å². The Balaban J connectivity index is 2.14. The average molecular weight is 268 g/mol. The largest absolute Gasteiger partial charge is 0.309 e. The molecule has 3 rings (SSSR count). The van der Waals surface area contributed by atoms with E-state index in [4.69, 9.17) is 0 Å². The maximum absolute atomic E-state index is 11.8.